The maximum absolute atomic E-state index is 11.8. The monoisotopic (exact) mass is 351 g/mol. The van der Waals surface area contributed by atoms with Gasteiger partial charge in [0.1, 0.15) is 5.02 Å². The van der Waals surface area contributed by atoms with Crippen LogP contribution in [0.2, 0.25) is 10.3 Å². The molecule has 0 spiro atoms. The van der Waals surface area contributed by atoms with Crippen LogP contribution in [0, 0.1) is 0 Å². The summed E-state index contributed by atoms with van der Waals surface area (Å²) >= 11 is 12.2. The Morgan fingerprint density at radius 1 is 1.39 bits per heavy atom. The summed E-state index contributed by atoms with van der Waals surface area (Å²) in [7, 11) is 1.39. The smallest absolute Gasteiger partial charge is 0.306 e. The number of fused-ring (bicyclic) bond motifs is 1. The highest BCUT2D eigenvalue weighted by Crippen LogP contribution is 2.47. The molecule has 1 aliphatic rings. The van der Waals surface area contributed by atoms with Gasteiger partial charge in [-0.1, -0.05) is 36.7 Å². The first-order chi connectivity index (χ1) is 10.9. The number of halogens is 2. The van der Waals surface area contributed by atoms with E-state index in [9.17, 15) is 4.79 Å². The second-order valence-corrected chi connectivity index (χ2v) is 6.47. The van der Waals surface area contributed by atoms with Gasteiger partial charge in [-0.2, -0.15) is 4.98 Å². The van der Waals surface area contributed by atoms with E-state index in [-0.39, 0.29) is 17.7 Å². The number of rotatable bonds is 3. The van der Waals surface area contributed by atoms with Crippen LogP contribution in [-0.4, -0.2) is 29.6 Å². The number of carbonyl (C=O) groups is 1. The lowest BCUT2D eigenvalue weighted by atomic mass is 9.81. The Morgan fingerprint density at radius 2 is 2.13 bits per heavy atom. The SMILES string of the molecule is COC(=O)C[C@@]1(C)CN(c2nc(Cl)ncc2Cl)c2ccccc21. The summed E-state index contributed by atoms with van der Waals surface area (Å²) in [4.78, 5) is 21.9. The van der Waals surface area contributed by atoms with E-state index in [1.165, 1.54) is 13.3 Å². The van der Waals surface area contributed by atoms with E-state index in [0.29, 0.717) is 17.4 Å². The maximum Gasteiger partial charge on any atom is 0.306 e. The van der Waals surface area contributed by atoms with Gasteiger partial charge in [-0.3, -0.25) is 4.79 Å². The van der Waals surface area contributed by atoms with Crippen LogP contribution in [0.15, 0.2) is 30.5 Å². The summed E-state index contributed by atoms with van der Waals surface area (Å²) in [5.41, 5.74) is 1.61. The normalized spacial score (nSPS) is 19.6. The second-order valence-electron chi connectivity index (χ2n) is 5.73. The van der Waals surface area contributed by atoms with Crippen LogP contribution in [0.25, 0.3) is 0 Å². The summed E-state index contributed by atoms with van der Waals surface area (Å²) in [6.07, 6.45) is 1.75. The molecule has 2 heterocycles. The van der Waals surface area contributed by atoms with Crippen molar-refractivity contribution in [1.29, 1.82) is 0 Å². The van der Waals surface area contributed by atoms with Crippen molar-refractivity contribution in [2.75, 3.05) is 18.6 Å². The van der Waals surface area contributed by atoms with Crippen LogP contribution in [0.4, 0.5) is 11.5 Å². The molecule has 23 heavy (non-hydrogen) atoms. The fraction of sp³-hybridized carbons (Fsp3) is 0.312. The molecule has 0 N–H and O–H groups in total. The number of carbonyl (C=O) groups excluding carboxylic acids is 1. The Bertz CT molecular complexity index is 769. The minimum absolute atomic E-state index is 0.128. The Balaban J connectivity index is 2.08. The van der Waals surface area contributed by atoms with Gasteiger partial charge in [-0.15, -0.1) is 0 Å². The van der Waals surface area contributed by atoms with Crippen LogP contribution in [0.1, 0.15) is 18.9 Å². The Kier molecular flexibility index (Phi) is 4.17. The van der Waals surface area contributed by atoms with Crippen molar-refractivity contribution in [3.05, 3.63) is 46.3 Å². The molecule has 1 aromatic heterocycles. The fourth-order valence-corrected chi connectivity index (χ4v) is 3.32. The van der Waals surface area contributed by atoms with Gasteiger partial charge >= 0.3 is 5.97 Å². The van der Waals surface area contributed by atoms with Crippen LogP contribution in [0.5, 0.6) is 0 Å². The first kappa shape index (κ1) is 16.0. The van der Waals surface area contributed by atoms with Crippen LogP contribution in [0.3, 0.4) is 0 Å². The molecule has 5 nitrogen and oxygen atoms in total. The van der Waals surface area contributed by atoms with Gasteiger partial charge in [0.05, 0.1) is 19.7 Å². The fourth-order valence-electron chi connectivity index (χ4n) is 3.00. The van der Waals surface area contributed by atoms with Crippen molar-refractivity contribution in [3.8, 4) is 0 Å². The lowest BCUT2D eigenvalue weighted by Gasteiger charge is -2.25. The minimum atomic E-state index is -0.398. The molecule has 0 radical (unpaired) electrons. The Morgan fingerprint density at radius 3 is 2.87 bits per heavy atom. The molecule has 0 amide bonds. The first-order valence-corrected chi connectivity index (χ1v) is 7.82. The average molecular weight is 352 g/mol. The largest absolute Gasteiger partial charge is 0.469 e. The second kappa shape index (κ2) is 5.98. The van der Waals surface area contributed by atoms with E-state index >= 15 is 0 Å². The first-order valence-electron chi connectivity index (χ1n) is 7.06. The summed E-state index contributed by atoms with van der Waals surface area (Å²) in [5.74, 6) is 0.281. The van der Waals surface area contributed by atoms with Crippen molar-refractivity contribution in [1.82, 2.24) is 9.97 Å². The van der Waals surface area contributed by atoms with Gasteiger partial charge < -0.3 is 9.64 Å². The topological polar surface area (TPSA) is 55.3 Å². The lowest BCUT2D eigenvalue weighted by molar-refractivity contribution is -0.141. The molecule has 0 unspecified atom stereocenters. The van der Waals surface area contributed by atoms with Crippen molar-refractivity contribution in [2.24, 2.45) is 0 Å². The van der Waals surface area contributed by atoms with Crippen LogP contribution < -0.4 is 4.90 Å². The van der Waals surface area contributed by atoms with Gasteiger partial charge in [-0.05, 0) is 23.2 Å². The zero-order valence-corrected chi connectivity index (χ0v) is 14.2. The zero-order chi connectivity index (χ0) is 16.6. The molecule has 7 heteroatoms. The van der Waals surface area contributed by atoms with Gasteiger partial charge in [0.15, 0.2) is 5.82 Å². The molecule has 0 saturated heterocycles. The predicted octanol–water partition coefficient (Wildman–Crippen LogP) is 3.76. The molecule has 3 rings (SSSR count). The molecule has 1 aliphatic heterocycles. The molecule has 0 bridgehead atoms. The summed E-state index contributed by atoms with van der Waals surface area (Å²) in [5, 5.41) is 0.537. The van der Waals surface area contributed by atoms with Gasteiger partial charge in [0, 0.05) is 17.6 Å². The van der Waals surface area contributed by atoms with Crippen LogP contribution >= 0.6 is 23.2 Å². The molecule has 1 atom stereocenters. The number of benzene rings is 1. The van der Waals surface area contributed by atoms with Gasteiger partial charge in [0.25, 0.3) is 0 Å². The van der Waals surface area contributed by atoms with E-state index < -0.39 is 5.41 Å². The van der Waals surface area contributed by atoms with Crippen molar-refractivity contribution < 1.29 is 9.53 Å². The number of methoxy groups -OCH3 is 1. The molecule has 0 aliphatic carbocycles. The molecule has 1 aromatic carbocycles. The van der Waals surface area contributed by atoms with E-state index in [1.54, 1.807) is 0 Å². The third kappa shape index (κ3) is 2.86. The summed E-state index contributed by atoms with van der Waals surface area (Å²) < 4.78 is 4.85. The Labute approximate surface area is 144 Å². The van der Waals surface area contributed by atoms with Crippen molar-refractivity contribution in [2.45, 2.75) is 18.8 Å². The number of para-hydroxylation sites is 1. The number of ether oxygens (including phenoxy) is 1. The number of esters is 1. The van der Waals surface area contributed by atoms with E-state index in [1.807, 2.05) is 36.1 Å². The third-order valence-electron chi connectivity index (χ3n) is 4.07. The highest BCUT2D eigenvalue weighted by molar-refractivity contribution is 6.33. The maximum atomic E-state index is 11.8. The summed E-state index contributed by atoms with van der Waals surface area (Å²) in [6.45, 7) is 2.58. The molecular formula is C16H15Cl2N3O2. The zero-order valence-electron chi connectivity index (χ0n) is 12.7. The predicted molar refractivity (Wildman–Crippen MR) is 89.5 cm³/mol. The van der Waals surface area contributed by atoms with E-state index in [4.69, 9.17) is 27.9 Å². The molecule has 0 fully saturated rings. The number of aromatic nitrogens is 2. The minimum Gasteiger partial charge on any atom is -0.469 e. The number of hydrogen-bond acceptors (Lipinski definition) is 5. The number of nitrogens with zero attached hydrogens (tertiary/aromatic N) is 3. The number of anilines is 2. The average Bonchev–Trinajstić information content (AvgIpc) is 2.83. The molecular weight excluding hydrogens is 337 g/mol. The third-order valence-corrected chi connectivity index (χ3v) is 4.51. The molecule has 0 saturated carbocycles. The van der Waals surface area contributed by atoms with Crippen LogP contribution in [-0.2, 0) is 14.9 Å². The number of hydrogen-bond donors (Lipinski definition) is 0. The highest BCUT2D eigenvalue weighted by atomic mass is 35.5. The quantitative estimate of drug-likeness (QED) is 0.622. The highest BCUT2D eigenvalue weighted by Gasteiger charge is 2.42. The molecule has 2 aromatic rings. The van der Waals surface area contributed by atoms with E-state index in [2.05, 4.69) is 9.97 Å². The lowest BCUT2D eigenvalue weighted by Crippen LogP contribution is -2.31. The Hall–Kier alpha value is -1.85. The standard InChI is InChI=1S/C16H15Cl2N3O2/c1-16(7-13(22)23-2)9-21(12-6-4-3-5-10(12)16)14-11(17)8-19-15(18)20-14/h3-6,8H,7,9H2,1-2H3/t16-/m0/s1. The van der Waals surface area contributed by atoms with Crippen molar-refractivity contribution in [3.63, 3.8) is 0 Å². The van der Waals surface area contributed by atoms with E-state index in [0.717, 1.165) is 11.3 Å². The molecule has 120 valence electrons. The van der Waals surface area contributed by atoms with Gasteiger partial charge in [-0.25, -0.2) is 4.98 Å². The summed E-state index contributed by atoms with van der Waals surface area (Å²) in [6, 6.07) is 7.87. The van der Waals surface area contributed by atoms with Gasteiger partial charge in [0.2, 0.25) is 5.28 Å². The van der Waals surface area contributed by atoms with Crippen molar-refractivity contribution >= 4 is 40.7 Å².